The van der Waals surface area contributed by atoms with Gasteiger partial charge in [0.2, 0.25) is 17.7 Å². The Morgan fingerprint density at radius 3 is 2.85 bits per heavy atom. The molecule has 4 rings (SSSR count). The van der Waals surface area contributed by atoms with Gasteiger partial charge in [0.1, 0.15) is 5.75 Å². The van der Waals surface area contributed by atoms with Crippen molar-refractivity contribution in [1.29, 1.82) is 0 Å². The minimum atomic E-state index is -0.188. The Kier molecular flexibility index (Phi) is 4.42. The van der Waals surface area contributed by atoms with E-state index in [9.17, 15) is 4.79 Å². The van der Waals surface area contributed by atoms with Crippen LogP contribution in [-0.4, -0.2) is 29.3 Å². The molecular weight excluding hydrogens is 330 g/mol. The molecule has 0 unspecified atom stereocenters. The van der Waals surface area contributed by atoms with E-state index in [4.69, 9.17) is 9.15 Å². The van der Waals surface area contributed by atoms with Crippen LogP contribution in [0.1, 0.15) is 56.4 Å². The second kappa shape index (κ2) is 6.74. The monoisotopic (exact) mass is 355 g/mol. The summed E-state index contributed by atoms with van der Waals surface area (Å²) < 4.78 is 11.6. The molecule has 0 aliphatic heterocycles. The minimum Gasteiger partial charge on any atom is -0.496 e. The Bertz CT molecular complexity index is 797. The first-order valence-corrected chi connectivity index (χ1v) is 9.34. The van der Waals surface area contributed by atoms with Crippen LogP contribution in [0.5, 0.6) is 5.75 Å². The van der Waals surface area contributed by atoms with Gasteiger partial charge < -0.3 is 14.5 Å². The van der Waals surface area contributed by atoms with Crippen molar-refractivity contribution in [3.63, 3.8) is 0 Å². The molecule has 2 aliphatic rings. The molecule has 2 saturated carbocycles. The van der Waals surface area contributed by atoms with E-state index in [1.807, 2.05) is 18.2 Å². The number of amides is 1. The van der Waals surface area contributed by atoms with Crippen molar-refractivity contribution in [3.8, 4) is 5.75 Å². The summed E-state index contributed by atoms with van der Waals surface area (Å²) in [6.07, 6.45) is 5.88. The van der Waals surface area contributed by atoms with E-state index in [1.165, 1.54) is 0 Å². The second-order valence-corrected chi connectivity index (χ2v) is 7.56. The minimum absolute atomic E-state index is 0.0446. The number of ether oxygens (including phenoxy) is 1. The SMILES string of the molecule is COc1ccccc1C1(c2nnc(C[C@@H]3CC[C@H](NC(C)=O)C3)o2)CC1. The number of carbonyl (C=O) groups excluding carboxylic acids is 1. The maximum atomic E-state index is 11.2. The van der Waals surface area contributed by atoms with Gasteiger partial charge in [0.05, 0.1) is 12.5 Å². The third-order valence-corrected chi connectivity index (χ3v) is 5.66. The first kappa shape index (κ1) is 17.1. The van der Waals surface area contributed by atoms with Gasteiger partial charge in [-0.15, -0.1) is 10.2 Å². The van der Waals surface area contributed by atoms with Crippen LogP contribution in [0.15, 0.2) is 28.7 Å². The lowest BCUT2D eigenvalue weighted by atomic mass is 9.95. The molecule has 0 bridgehead atoms. The number of rotatable bonds is 6. The van der Waals surface area contributed by atoms with Crippen LogP contribution in [0.2, 0.25) is 0 Å². The number of hydrogen-bond donors (Lipinski definition) is 1. The Hall–Kier alpha value is -2.37. The Balaban J connectivity index is 1.46. The number of methoxy groups -OCH3 is 1. The standard InChI is InChI=1S/C20H25N3O3/c1-13(24)21-15-8-7-14(11-15)12-18-22-23-19(26-18)20(9-10-20)16-5-3-4-6-17(16)25-2/h3-6,14-15H,7-12H2,1-2H3,(H,21,24)/t14-,15+/m1/s1. The summed E-state index contributed by atoms with van der Waals surface area (Å²) in [5.41, 5.74) is 0.941. The molecule has 6 heteroatoms. The zero-order chi connectivity index (χ0) is 18.1. The van der Waals surface area contributed by atoms with Crippen LogP contribution in [-0.2, 0) is 16.6 Å². The molecule has 1 aromatic carbocycles. The Labute approximate surface area is 153 Å². The molecule has 6 nitrogen and oxygen atoms in total. The van der Waals surface area contributed by atoms with Gasteiger partial charge in [-0.1, -0.05) is 18.2 Å². The van der Waals surface area contributed by atoms with E-state index < -0.39 is 0 Å². The third-order valence-electron chi connectivity index (χ3n) is 5.66. The van der Waals surface area contributed by atoms with Crippen molar-refractivity contribution in [2.45, 2.75) is 56.9 Å². The molecule has 1 aromatic heterocycles. The quantitative estimate of drug-likeness (QED) is 0.862. The van der Waals surface area contributed by atoms with E-state index in [-0.39, 0.29) is 17.4 Å². The zero-order valence-electron chi connectivity index (χ0n) is 15.3. The van der Waals surface area contributed by atoms with Crippen LogP contribution >= 0.6 is 0 Å². The summed E-state index contributed by atoms with van der Waals surface area (Å²) in [5, 5.41) is 11.7. The number of nitrogens with one attached hydrogen (secondary N) is 1. The highest BCUT2D eigenvalue weighted by Gasteiger charge is 2.52. The topological polar surface area (TPSA) is 77.3 Å². The Morgan fingerprint density at radius 1 is 1.31 bits per heavy atom. The average Bonchev–Trinajstić information content (AvgIpc) is 3.11. The molecule has 26 heavy (non-hydrogen) atoms. The smallest absolute Gasteiger partial charge is 0.227 e. The molecule has 2 aromatic rings. The van der Waals surface area contributed by atoms with Crippen molar-refractivity contribution in [1.82, 2.24) is 15.5 Å². The normalized spacial score (nSPS) is 23.6. The first-order valence-electron chi connectivity index (χ1n) is 9.34. The fraction of sp³-hybridized carbons (Fsp3) is 0.550. The van der Waals surface area contributed by atoms with Crippen LogP contribution in [0.25, 0.3) is 0 Å². The van der Waals surface area contributed by atoms with Crippen molar-refractivity contribution in [2.24, 2.45) is 5.92 Å². The van der Waals surface area contributed by atoms with Crippen molar-refractivity contribution >= 4 is 5.91 Å². The summed E-state index contributed by atoms with van der Waals surface area (Å²) in [5.74, 6) is 2.81. The second-order valence-electron chi connectivity index (χ2n) is 7.56. The number of benzene rings is 1. The predicted molar refractivity (Wildman–Crippen MR) is 96.0 cm³/mol. The van der Waals surface area contributed by atoms with Crippen LogP contribution < -0.4 is 10.1 Å². The molecule has 2 fully saturated rings. The predicted octanol–water partition coefficient (Wildman–Crippen LogP) is 3.01. The molecule has 2 atom stereocenters. The van der Waals surface area contributed by atoms with Gasteiger partial charge in [-0.05, 0) is 44.1 Å². The zero-order valence-corrected chi connectivity index (χ0v) is 15.3. The highest BCUT2D eigenvalue weighted by Crippen LogP contribution is 2.55. The number of nitrogens with zero attached hydrogens (tertiary/aromatic N) is 2. The third kappa shape index (κ3) is 3.20. The largest absolute Gasteiger partial charge is 0.496 e. The summed E-state index contributed by atoms with van der Waals surface area (Å²) in [6, 6.07) is 8.35. The van der Waals surface area contributed by atoms with Gasteiger partial charge in [0, 0.05) is 24.9 Å². The number of para-hydroxylation sites is 1. The maximum Gasteiger partial charge on any atom is 0.227 e. The first-order chi connectivity index (χ1) is 12.6. The van der Waals surface area contributed by atoms with Gasteiger partial charge in [-0.25, -0.2) is 0 Å². The van der Waals surface area contributed by atoms with Gasteiger partial charge >= 0.3 is 0 Å². The van der Waals surface area contributed by atoms with Gasteiger partial charge in [-0.3, -0.25) is 4.79 Å². The Morgan fingerprint density at radius 2 is 2.12 bits per heavy atom. The van der Waals surface area contributed by atoms with E-state index in [1.54, 1.807) is 14.0 Å². The van der Waals surface area contributed by atoms with Crippen LogP contribution in [0.3, 0.4) is 0 Å². The van der Waals surface area contributed by atoms with Crippen LogP contribution in [0, 0.1) is 5.92 Å². The van der Waals surface area contributed by atoms with Crippen LogP contribution in [0.4, 0.5) is 0 Å². The van der Waals surface area contributed by atoms with E-state index in [0.29, 0.717) is 17.7 Å². The molecule has 1 N–H and O–H groups in total. The lowest BCUT2D eigenvalue weighted by Crippen LogP contribution is -2.30. The summed E-state index contributed by atoms with van der Waals surface area (Å²) in [6.45, 7) is 1.57. The van der Waals surface area contributed by atoms with E-state index in [0.717, 1.165) is 49.8 Å². The molecule has 138 valence electrons. The van der Waals surface area contributed by atoms with Crippen molar-refractivity contribution in [2.75, 3.05) is 7.11 Å². The average molecular weight is 355 g/mol. The lowest BCUT2D eigenvalue weighted by molar-refractivity contribution is -0.119. The number of aromatic nitrogens is 2. The fourth-order valence-electron chi connectivity index (χ4n) is 4.22. The van der Waals surface area contributed by atoms with E-state index in [2.05, 4.69) is 21.6 Å². The van der Waals surface area contributed by atoms with Gasteiger partial charge in [-0.2, -0.15) is 0 Å². The number of hydrogen-bond acceptors (Lipinski definition) is 5. The summed E-state index contributed by atoms with van der Waals surface area (Å²) >= 11 is 0. The number of carbonyl (C=O) groups is 1. The molecule has 0 radical (unpaired) electrons. The van der Waals surface area contributed by atoms with Gasteiger partial charge in [0.25, 0.3) is 0 Å². The van der Waals surface area contributed by atoms with Crippen molar-refractivity contribution in [3.05, 3.63) is 41.6 Å². The molecule has 1 heterocycles. The molecular formula is C20H25N3O3. The van der Waals surface area contributed by atoms with E-state index >= 15 is 0 Å². The lowest BCUT2D eigenvalue weighted by Gasteiger charge is -2.15. The summed E-state index contributed by atoms with van der Waals surface area (Å²) in [7, 11) is 1.69. The highest BCUT2D eigenvalue weighted by molar-refractivity contribution is 5.73. The van der Waals surface area contributed by atoms with Gasteiger partial charge in [0.15, 0.2) is 0 Å². The summed E-state index contributed by atoms with van der Waals surface area (Å²) in [4.78, 5) is 11.2. The molecule has 1 amide bonds. The molecule has 2 aliphatic carbocycles. The van der Waals surface area contributed by atoms with Crippen molar-refractivity contribution < 1.29 is 13.9 Å². The molecule has 0 spiro atoms. The highest BCUT2D eigenvalue weighted by atomic mass is 16.5. The fourth-order valence-corrected chi connectivity index (χ4v) is 4.22. The maximum absolute atomic E-state index is 11.2. The molecule has 0 saturated heterocycles.